The Labute approximate surface area is 365 Å². The molecule has 312 valence electrons. The Morgan fingerprint density at radius 3 is 1.62 bits per heavy atom. The summed E-state index contributed by atoms with van der Waals surface area (Å²) in [6.45, 7) is 3.76. The van der Waals surface area contributed by atoms with Crippen LogP contribution in [0.2, 0.25) is 0 Å². The second-order valence-corrected chi connectivity index (χ2v) is 15.6. The zero-order valence-corrected chi connectivity index (χ0v) is 36.3. The number of nitrogens with zero attached hydrogens (tertiary/aromatic N) is 1. The van der Waals surface area contributed by atoms with Gasteiger partial charge in [-0.25, -0.2) is 0 Å². The predicted octanol–water partition coefficient (Wildman–Crippen LogP) is 10.7. The fourth-order valence-electron chi connectivity index (χ4n) is 6.30. The number of benzene rings is 4. The highest BCUT2D eigenvalue weighted by molar-refractivity contribution is 7.18. The molecule has 8 rings (SSSR count). The molecular weight excluding hydrogens is 832 g/mol. The lowest BCUT2D eigenvalue weighted by molar-refractivity contribution is 0.100. The molecular formula is C48H43ClN2O8S2. The standard InChI is InChI=1S/C24H21NO4S.C16H13NO3S.C8H9ClO/c1-16(26)21-22(29-15-18-6-4-3-5-7-18)24(27)25(20-12-13-30-23(20)21)14-17-8-10-19(28-2)11-9-17;1-10(18)13-14(20-9-11-5-3-2-4-6-11)16(19)17-12-7-8-21-15(12)13;1-10-8-4-2-7(6-9)3-5-8/h3-13H,14-15H2,1-2H3;2-8H,9H2,1H3,(H,17,19);2-5H,6H2,1H3. The molecule has 0 bridgehead atoms. The quantitative estimate of drug-likeness (QED) is 0.0896. The maximum absolute atomic E-state index is 13.4. The number of fused-ring (bicyclic) bond motifs is 2. The summed E-state index contributed by atoms with van der Waals surface area (Å²) in [6.07, 6.45) is 0. The van der Waals surface area contributed by atoms with Crippen molar-refractivity contribution in [1.29, 1.82) is 0 Å². The number of thiophene rings is 2. The first-order valence-corrected chi connectivity index (χ1v) is 21.4. The van der Waals surface area contributed by atoms with E-state index in [4.69, 9.17) is 30.5 Å². The van der Waals surface area contributed by atoms with E-state index in [-0.39, 0.29) is 47.4 Å². The van der Waals surface area contributed by atoms with Crippen molar-refractivity contribution in [2.45, 2.75) is 39.5 Å². The molecule has 4 aromatic carbocycles. The number of ketones is 2. The minimum Gasteiger partial charge on any atom is -0.497 e. The molecule has 0 spiro atoms. The number of aromatic amines is 1. The fourth-order valence-corrected chi connectivity index (χ4v) is 8.40. The molecule has 61 heavy (non-hydrogen) atoms. The number of ether oxygens (including phenoxy) is 4. The van der Waals surface area contributed by atoms with E-state index >= 15 is 0 Å². The lowest BCUT2D eigenvalue weighted by Gasteiger charge is -2.15. The number of carbonyl (C=O) groups is 2. The maximum atomic E-state index is 13.4. The van der Waals surface area contributed by atoms with E-state index in [0.717, 1.165) is 48.7 Å². The predicted molar refractivity (Wildman–Crippen MR) is 245 cm³/mol. The molecule has 0 aliphatic carbocycles. The first kappa shape index (κ1) is 44.1. The normalized spacial score (nSPS) is 10.6. The van der Waals surface area contributed by atoms with Crippen molar-refractivity contribution in [3.8, 4) is 23.0 Å². The molecule has 0 aliphatic rings. The number of methoxy groups -OCH3 is 2. The van der Waals surface area contributed by atoms with Crippen LogP contribution in [0.3, 0.4) is 0 Å². The van der Waals surface area contributed by atoms with Crippen LogP contribution in [0.15, 0.2) is 142 Å². The van der Waals surface area contributed by atoms with E-state index in [1.54, 1.807) is 24.9 Å². The number of nitrogens with one attached hydrogen (secondary N) is 1. The van der Waals surface area contributed by atoms with Gasteiger partial charge in [-0.2, -0.15) is 0 Å². The number of H-pyrrole nitrogens is 1. The van der Waals surface area contributed by atoms with Crippen LogP contribution in [0.5, 0.6) is 23.0 Å². The van der Waals surface area contributed by atoms with Gasteiger partial charge in [-0.1, -0.05) is 84.9 Å². The molecule has 13 heteroatoms. The monoisotopic (exact) mass is 874 g/mol. The Morgan fingerprint density at radius 1 is 0.607 bits per heavy atom. The van der Waals surface area contributed by atoms with Crippen LogP contribution in [0.1, 0.15) is 56.8 Å². The lowest BCUT2D eigenvalue weighted by atomic mass is 10.1. The van der Waals surface area contributed by atoms with Crippen molar-refractivity contribution < 1.29 is 28.5 Å². The smallest absolute Gasteiger partial charge is 0.294 e. The summed E-state index contributed by atoms with van der Waals surface area (Å²) >= 11 is 8.43. The number of aromatic nitrogens is 2. The van der Waals surface area contributed by atoms with E-state index in [0.29, 0.717) is 29.1 Å². The van der Waals surface area contributed by atoms with E-state index in [1.807, 2.05) is 126 Å². The summed E-state index contributed by atoms with van der Waals surface area (Å²) in [5.41, 5.74) is 5.38. The molecule has 0 saturated heterocycles. The first-order valence-electron chi connectivity index (χ1n) is 19.1. The van der Waals surface area contributed by atoms with Crippen molar-refractivity contribution >= 4 is 66.3 Å². The third-order valence-electron chi connectivity index (χ3n) is 9.37. The van der Waals surface area contributed by atoms with Gasteiger partial charge < -0.3 is 23.9 Å². The summed E-state index contributed by atoms with van der Waals surface area (Å²) in [7, 11) is 3.26. The average molecular weight is 875 g/mol. The van der Waals surface area contributed by atoms with Crippen LogP contribution < -0.4 is 30.1 Å². The molecule has 0 unspecified atom stereocenters. The zero-order valence-electron chi connectivity index (χ0n) is 33.9. The highest BCUT2D eigenvalue weighted by atomic mass is 35.5. The number of hydrogen-bond acceptors (Lipinski definition) is 10. The minimum atomic E-state index is -0.373. The number of pyridine rings is 2. The fraction of sp³-hybridized carbons (Fsp3) is 0.167. The third kappa shape index (κ3) is 11.0. The van der Waals surface area contributed by atoms with Gasteiger partial charge in [0, 0.05) is 5.88 Å². The molecule has 0 saturated carbocycles. The molecule has 10 nitrogen and oxygen atoms in total. The van der Waals surface area contributed by atoms with Crippen molar-refractivity contribution in [2.75, 3.05) is 14.2 Å². The number of halogens is 1. The number of alkyl halides is 1. The SMILES string of the molecule is CC(=O)c1c(OCc2ccccc2)c(=O)[nH]c2ccsc12.COc1ccc(CCl)cc1.COc1ccc(Cn2c(=O)c(OCc3ccccc3)c(C(C)=O)c3sccc32)cc1. The molecule has 0 atom stereocenters. The highest BCUT2D eigenvalue weighted by Crippen LogP contribution is 2.31. The van der Waals surface area contributed by atoms with Crippen LogP contribution in [-0.4, -0.2) is 35.3 Å². The van der Waals surface area contributed by atoms with Crippen LogP contribution >= 0.6 is 34.3 Å². The lowest BCUT2D eigenvalue weighted by Crippen LogP contribution is -2.25. The third-order valence-corrected chi connectivity index (χ3v) is 11.5. The summed E-state index contributed by atoms with van der Waals surface area (Å²) in [4.78, 5) is 52.7. The van der Waals surface area contributed by atoms with Crippen molar-refractivity contribution in [2.24, 2.45) is 0 Å². The Hall–Kier alpha value is -6.47. The topological polar surface area (TPSA) is 126 Å². The van der Waals surface area contributed by atoms with Gasteiger partial charge >= 0.3 is 0 Å². The number of rotatable bonds is 13. The van der Waals surface area contributed by atoms with Crippen LogP contribution in [0, 0.1) is 0 Å². The molecule has 0 amide bonds. The largest absolute Gasteiger partial charge is 0.497 e. The van der Waals surface area contributed by atoms with Crippen molar-refractivity contribution in [3.05, 3.63) is 186 Å². The molecule has 8 aromatic rings. The molecule has 1 N–H and O–H groups in total. The molecule has 4 heterocycles. The van der Waals surface area contributed by atoms with E-state index in [1.165, 1.54) is 36.5 Å². The van der Waals surface area contributed by atoms with Gasteiger partial charge in [0.2, 0.25) is 0 Å². The maximum Gasteiger partial charge on any atom is 0.294 e. The van der Waals surface area contributed by atoms with Gasteiger partial charge in [-0.3, -0.25) is 23.7 Å². The number of Topliss-reactive ketones (excluding diaryl/α,β-unsaturated/α-hetero) is 2. The summed E-state index contributed by atoms with van der Waals surface area (Å²) in [5.74, 6) is 2.04. The second kappa shape index (κ2) is 21.2. The average Bonchev–Trinajstić information content (AvgIpc) is 3.97. The Kier molecular flexibility index (Phi) is 15.3. The number of carbonyl (C=O) groups excluding carboxylic acids is 2. The molecule has 0 fully saturated rings. The van der Waals surface area contributed by atoms with E-state index < -0.39 is 0 Å². The molecule has 0 aliphatic heterocycles. The first-order chi connectivity index (χ1) is 29.6. The zero-order chi connectivity index (χ0) is 43.3. The highest BCUT2D eigenvalue weighted by Gasteiger charge is 2.23. The van der Waals surface area contributed by atoms with Gasteiger partial charge in [0.1, 0.15) is 24.7 Å². The molecule has 0 radical (unpaired) electrons. The second-order valence-electron chi connectivity index (χ2n) is 13.5. The van der Waals surface area contributed by atoms with Crippen LogP contribution in [-0.2, 0) is 25.6 Å². The van der Waals surface area contributed by atoms with Gasteiger partial charge in [0.15, 0.2) is 23.1 Å². The van der Waals surface area contributed by atoms with Crippen molar-refractivity contribution in [1.82, 2.24) is 9.55 Å². The Morgan fingerprint density at radius 2 is 1.10 bits per heavy atom. The van der Waals surface area contributed by atoms with Crippen LogP contribution in [0.25, 0.3) is 20.4 Å². The minimum absolute atomic E-state index is 0.0984. The summed E-state index contributed by atoms with van der Waals surface area (Å²) in [6, 6.07) is 38.1. The Bertz CT molecular complexity index is 2810. The number of hydrogen-bond donors (Lipinski definition) is 1. The summed E-state index contributed by atoms with van der Waals surface area (Å²) < 4.78 is 24.9. The van der Waals surface area contributed by atoms with E-state index in [9.17, 15) is 19.2 Å². The van der Waals surface area contributed by atoms with Gasteiger partial charge in [0.25, 0.3) is 11.1 Å². The van der Waals surface area contributed by atoms with Gasteiger partial charge in [-0.05, 0) is 83.3 Å². The molecule has 4 aromatic heterocycles. The Balaban J connectivity index is 0.000000173. The van der Waals surface area contributed by atoms with Gasteiger partial charge in [0.05, 0.1) is 52.3 Å². The van der Waals surface area contributed by atoms with E-state index in [2.05, 4.69) is 4.98 Å². The van der Waals surface area contributed by atoms with Gasteiger partial charge in [-0.15, -0.1) is 34.3 Å². The summed E-state index contributed by atoms with van der Waals surface area (Å²) in [5, 5.41) is 3.73. The van der Waals surface area contributed by atoms with Crippen molar-refractivity contribution in [3.63, 3.8) is 0 Å². The van der Waals surface area contributed by atoms with Crippen LogP contribution in [0.4, 0.5) is 0 Å².